The Bertz CT molecular complexity index is 693. The Hall–Kier alpha value is -1.43. The number of hydrogen-bond donors (Lipinski definition) is 2. The van der Waals surface area contributed by atoms with Gasteiger partial charge >= 0.3 is 0 Å². The highest BCUT2D eigenvalue weighted by atomic mass is 127. The molecule has 0 aromatic heterocycles. The maximum atomic E-state index is 11.4. The Morgan fingerprint density at radius 2 is 2.22 bits per heavy atom. The number of nitrogens with one attached hydrogen (secondary N) is 2. The molecule has 128 valence electrons. The van der Waals surface area contributed by atoms with E-state index in [4.69, 9.17) is 0 Å². The van der Waals surface area contributed by atoms with Gasteiger partial charge in [-0.15, -0.1) is 24.0 Å². The van der Waals surface area contributed by atoms with Crippen molar-refractivity contribution in [2.75, 3.05) is 18.6 Å². The molecule has 0 saturated carbocycles. The van der Waals surface area contributed by atoms with Crippen LogP contribution in [0.2, 0.25) is 0 Å². The quantitative estimate of drug-likeness (QED) is 0.231. The molecule has 0 aliphatic carbocycles. The van der Waals surface area contributed by atoms with Crippen LogP contribution in [0.25, 0.3) is 0 Å². The molecular formula is C13H19IN4O4S. The second-order valence-corrected chi connectivity index (χ2v) is 7.33. The number of benzene rings is 1. The third-order valence-electron chi connectivity index (χ3n) is 3.38. The van der Waals surface area contributed by atoms with Crippen molar-refractivity contribution in [1.29, 1.82) is 0 Å². The van der Waals surface area contributed by atoms with Crippen molar-refractivity contribution in [3.63, 3.8) is 0 Å². The van der Waals surface area contributed by atoms with Crippen molar-refractivity contribution in [3.05, 3.63) is 39.9 Å². The van der Waals surface area contributed by atoms with Gasteiger partial charge in [0.25, 0.3) is 5.69 Å². The molecule has 23 heavy (non-hydrogen) atoms. The van der Waals surface area contributed by atoms with Crippen molar-refractivity contribution in [1.82, 2.24) is 10.6 Å². The van der Waals surface area contributed by atoms with Gasteiger partial charge in [0.05, 0.1) is 16.4 Å². The largest absolute Gasteiger partial charge is 0.353 e. The molecule has 8 nitrogen and oxygen atoms in total. The van der Waals surface area contributed by atoms with E-state index in [2.05, 4.69) is 15.6 Å². The van der Waals surface area contributed by atoms with E-state index in [1.807, 2.05) is 0 Å². The van der Waals surface area contributed by atoms with Gasteiger partial charge in [0.2, 0.25) is 0 Å². The molecule has 2 N–H and O–H groups in total. The number of nitro groups is 1. The lowest BCUT2D eigenvalue weighted by Crippen LogP contribution is -2.43. The van der Waals surface area contributed by atoms with Crippen LogP contribution in [0.1, 0.15) is 12.0 Å². The summed E-state index contributed by atoms with van der Waals surface area (Å²) in [6.07, 6.45) is 0.555. The first kappa shape index (κ1) is 19.6. The lowest BCUT2D eigenvalue weighted by molar-refractivity contribution is -0.384. The van der Waals surface area contributed by atoms with Crippen LogP contribution in [0, 0.1) is 10.1 Å². The van der Waals surface area contributed by atoms with Gasteiger partial charge in [-0.25, -0.2) is 8.42 Å². The smallest absolute Gasteiger partial charge is 0.269 e. The Balaban J connectivity index is 0.00000264. The summed E-state index contributed by atoms with van der Waals surface area (Å²) < 4.78 is 22.9. The number of nitro benzene ring substituents is 1. The SMILES string of the molecule is CN=C(NCc1cccc([N+](=O)[O-])c1)NC1CCS(=O)(=O)C1.I. The zero-order valence-electron chi connectivity index (χ0n) is 12.6. The summed E-state index contributed by atoms with van der Waals surface area (Å²) in [4.78, 5) is 14.3. The zero-order valence-corrected chi connectivity index (χ0v) is 15.7. The van der Waals surface area contributed by atoms with Gasteiger partial charge in [0.1, 0.15) is 0 Å². The van der Waals surface area contributed by atoms with Crippen LogP contribution in [0.4, 0.5) is 5.69 Å². The number of rotatable bonds is 4. The second kappa shape index (κ2) is 8.43. The molecule has 2 rings (SSSR count). The molecule has 1 heterocycles. The van der Waals surface area contributed by atoms with E-state index >= 15 is 0 Å². The molecule has 0 spiro atoms. The molecule has 10 heteroatoms. The summed E-state index contributed by atoms with van der Waals surface area (Å²) in [7, 11) is -1.36. The molecule has 1 unspecified atom stereocenters. The van der Waals surface area contributed by atoms with E-state index in [1.54, 1.807) is 19.2 Å². The third kappa shape index (κ3) is 5.94. The lowest BCUT2D eigenvalue weighted by Gasteiger charge is -2.16. The van der Waals surface area contributed by atoms with E-state index in [-0.39, 0.29) is 47.2 Å². The molecule has 1 aliphatic heterocycles. The number of halogens is 1. The van der Waals surface area contributed by atoms with Gasteiger partial charge < -0.3 is 10.6 Å². The maximum absolute atomic E-state index is 11.4. The van der Waals surface area contributed by atoms with Crippen molar-refractivity contribution in [2.45, 2.75) is 19.0 Å². The first-order chi connectivity index (χ1) is 10.4. The summed E-state index contributed by atoms with van der Waals surface area (Å²) in [6, 6.07) is 6.16. The van der Waals surface area contributed by atoms with Crippen LogP contribution in [0.15, 0.2) is 29.3 Å². The van der Waals surface area contributed by atoms with Crippen molar-refractivity contribution < 1.29 is 13.3 Å². The molecule has 1 aliphatic rings. The van der Waals surface area contributed by atoms with Gasteiger partial charge in [-0.05, 0) is 12.0 Å². The molecule has 0 bridgehead atoms. The molecule has 1 saturated heterocycles. The topological polar surface area (TPSA) is 114 Å². The average molecular weight is 454 g/mol. The number of aliphatic imine (C=N–C) groups is 1. The normalized spacial score (nSPS) is 19.7. The summed E-state index contributed by atoms with van der Waals surface area (Å²) in [5.74, 6) is 0.769. The highest BCUT2D eigenvalue weighted by molar-refractivity contribution is 14.0. The standard InChI is InChI=1S/C13H18N4O4S.HI/c1-14-13(16-11-5-6-22(20,21)9-11)15-8-10-3-2-4-12(7-10)17(18)19;/h2-4,7,11H,5-6,8-9H2,1H3,(H2,14,15,16);1H. The van der Waals surface area contributed by atoms with Crippen molar-refractivity contribution in [2.24, 2.45) is 4.99 Å². The van der Waals surface area contributed by atoms with E-state index < -0.39 is 14.8 Å². The van der Waals surface area contributed by atoms with E-state index in [9.17, 15) is 18.5 Å². The Morgan fingerprint density at radius 3 is 2.78 bits per heavy atom. The number of guanidine groups is 1. The Morgan fingerprint density at radius 1 is 1.48 bits per heavy atom. The fourth-order valence-corrected chi connectivity index (χ4v) is 3.94. The molecular weight excluding hydrogens is 435 g/mol. The van der Waals surface area contributed by atoms with Gasteiger partial charge in [-0.2, -0.15) is 0 Å². The first-order valence-electron chi connectivity index (χ1n) is 6.80. The summed E-state index contributed by atoms with van der Waals surface area (Å²) >= 11 is 0. The van der Waals surface area contributed by atoms with Crippen LogP contribution in [0.5, 0.6) is 0 Å². The van der Waals surface area contributed by atoms with Crippen LogP contribution in [-0.2, 0) is 16.4 Å². The molecule has 1 aromatic rings. The van der Waals surface area contributed by atoms with E-state index in [0.29, 0.717) is 18.9 Å². The fourth-order valence-electron chi connectivity index (χ4n) is 2.26. The minimum absolute atomic E-state index is 0. The molecule has 0 radical (unpaired) electrons. The first-order valence-corrected chi connectivity index (χ1v) is 8.63. The predicted octanol–water partition coefficient (Wildman–Crippen LogP) is 1.06. The zero-order chi connectivity index (χ0) is 16.2. The van der Waals surface area contributed by atoms with Crippen molar-refractivity contribution in [3.8, 4) is 0 Å². The monoisotopic (exact) mass is 454 g/mol. The highest BCUT2D eigenvalue weighted by Crippen LogP contribution is 2.13. The molecule has 1 fully saturated rings. The van der Waals surface area contributed by atoms with E-state index in [0.717, 1.165) is 5.56 Å². The van der Waals surface area contributed by atoms with E-state index in [1.165, 1.54) is 12.1 Å². The minimum atomic E-state index is -2.95. The van der Waals surface area contributed by atoms with Gasteiger partial charge in [0.15, 0.2) is 15.8 Å². The average Bonchev–Trinajstić information content (AvgIpc) is 2.82. The number of hydrogen-bond acceptors (Lipinski definition) is 5. The van der Waals surface area contributed by atoms with Crippen LogP contribution in [0.3, 0.4) is 0 Å². The predicted molar refractivity (Wildman–Crippen MR) is 98.9 cm³/mol. The Labute approximate surface area is 151 Å². The number of sulfone groups is 1. The van der Waals surface area contributed by atoms with Gasteiger partial charge in [0, 0.05) is 31.8 Å². The minimum Gasteiger partial charge on any atom is -0.353 e. The highest BCUT2D eigenvalue weighted by Gasteiger charge is 2.28. The second-order valence-electron chi connectivity index (χ2n) is 5.10. The molecule has 0 amide bonds. The number of non-ortho nitro benzene ring substituents is 1. The lowest BCUT2D eigenvalue weighted by atomic mass is 10.2. The summed E-state index contributed by atoms with van der Waals surface area (Å²) in [5.41, 5.74) is 0.778. The molecule has 1 atom stereocenters. The van der Waals surface area contributed by atoms with Crippen LogP contribution in [-0.4, -0.2) is 43.9 Å². The maximum Gasteiger partial charge on any atom is 0.269 e. The van der Waals surface area contributed by atoms with Gasteiger partial charge in [-0.1, -0.05) is 12.1 Å². The number of nitrogens with zero attached hydrogens (tertiary/aromatic N) is 2. The molecule has 1 aromatic carbocycles. The fraction of sp³-hybridized carbons (Fsp3) is 0.462. The third-order valence-corrected chi connectivity index (χ3v) is 5.15. The Kier molecular flexibility index (Phi) is 7.19. The van der Waals surface area contributed by atoms with Gasteiger partial charge in [-0.3, -0.25) is 15.1 Å². The summed E-state index contributed by atoms with van der Waals surface area (Å²) in [5, 5.41) is 16.8. The van der Waals surface area contributed by atoms with Crippen molar-refractivity contribution >= 4 is 45.5 Å². The summed E-state index contributed by atoms with van der Waals surface area (Å²) in [6.45, 7) is 0.362. The van der Waals surface area contributed by atoms with Crippen LogP contribution < -0.4 is 10.6 Å². The van der Waals surface area contributed by atoms with Crippen LogP contribution >= 0.6 is 24.0 Å².